The molecule has 1 heterocycles. The standard InChI is InChI=1S/C21H23BrN2O2/c22-19-8-4-7-18(14-19)21(26)23-15-20(25)24-11-9-17(10-12-24)13-16-5-2-1-3-6-16/h1-8,14,17H,9-13,15H2,(H,23,26). The van der Waals surface area contributed by atoms with Gasteiger partial charge in [-0.25, -0.2) is 0 Å². The molecule has 26 heavy (non-hydrogen) atoms. The number of halogens is 1. The molecule has 0 bridgehead atoms. The van der Waals surface area contributed by atoms with Crippen LogP contribution in [0.4, 0.5) is 0 Å². The van der Waals surface area contributed by atoms with E-state index in [4.69, 9.17) is 0 Å². The molecule has 0 unspecified atom stereocenters. The summed E-state index contributed by atoms with van der Waals surface area (Å²) in [5.41, 5.74) is 1.91. The highest BCUT2D eigenvalue weighted by Crippen LogP contribution is 2.21. The van der Waals surface area contributed by atoms with E-state index in [1.54, 1.807) is 18.2 Å². The van der Waals surface area contributed by atoms with Crippen molar-refractivity contribution >= 4 is 27.7 Å². The predicted octanol–water partition coefficient (Wildman–Crippen LogP) is 3.66. The Morgan fingerprint density at radius 1 is 1.04 bits per heavy atom. The van der Waals surface area contributed by atoms with Gasteiger partial charge >= 0.3 is 0 Å². The minimum atomic E-state index is -0.224. The van der Waals surface area contributed by atoms with Crippen LogP contribution in [0.2, 0.25) is 0 Å². The van der Waals surface area contributed by atoms with Crippen molar-refractivity contribution in [1.82, 2.24) is 10.2 Å². The molecule has 2 aromatic carbocycles. The second-order valence-electron chi connectivity index (χ2n) is 6.71. The van der Waals surface area contributed by atoms with Gasteiger partial charge in [-0.05, 0) is 48.9 Å². The lowest BCUT2D eigenvalue weighted by Gasteiger charge is -2.32. The molecule has 3 rings (SSSR count). The maximum absolute atomic E-state index is 12.4. The van der Waals surface area contributed by atoms with Gasteiger partial charge in [-0.3, -0.25) is 9.59 Å². The number of amides is 2. The summed E-state index contributed by atoms with van der Waals surface area (Å²) in [5.74, 6) is 0.392. The van der Waals surface area contributed by atoms with Gasteiger partial charge in [0, 0.05) is 23.1 Å². The second-order valence-corrected chi connectivity index (χ2v) is 7.62. The van der Waals surface area contributed by atoms with Crippen LogP contribution >= 0.6 is 15.9 Å². The minimum Gasteiger partial charge on any atom is -0.343 e. The van der Waals surface area contributed by atoms with Crippen LogP contribution in [0.25, 0.3) is 0 Å². The van der Waals surface area contributed by atoms with E-state index in [1.165, 1.54) is 5.56 Å². The molecule has 1 fully saturated rings. The van der Waals surface area contributed by atoms with Gasteiger partial charge in [-0.15, -0.1) is 0 Å². The summed E-state index contributed by atoms with van der Waals surface area (Å²) >= 11 is 3.35. The van der Waals surface area contributed by atoms with Crippen molar-refractivity contribution in [3.8, 4) is 0 Å². The first-order valence-electron chi connectivity index (χ1n) is 8.97. The van der Waals surface area contributed by atoms with E-state index in [1.807, 2.05) is 17.0 Å². The van der Waals surface area contributed by atoms with Crippen LogP contribution < -0.4 is 5.32 Å². The number of piperidine rings is 1. The number of rotatable bonds is 5. The molecule has 0 atom stereocenters. The molecule has 0 spiro atoms. The fourth-order valence-corrected chi connectivity index (χ4v) is 3.73. The number of hydrogen-bond acceptors (Lipinski definition) is 2. The molecule has 0 radical (unpaired) electrons. The number of likely N-dealkylation sites (tertiary alicyclic amines) is 1. The van der Waals surface area contributed by atoms with E-state index in [0.717, 1.165) is 36.8 Å². The molecule has 1 aliphatic heterocycles. The number of carbonyl (C=O) groups excluding carboxylic acids is 2. The van der Waals surface area contributed by atoms with Crippen LogP contribution in [0.5, 0.6) is 0 Å². The van der Waals surface area contributed by atoms with Crippen molar-refractivity contribution < 1.29 is 9.59 Å². The monoisotopic (exact) mass is 414 g/mol. The Labute approximate surface area is 162 Å². The molecule has 2 amide bonds. The number of nitrogens with one attached hydrogen (secondary N) is 1. The van der Waals surface area contributed by atoms with Crippen molar-refractivity contribution in [3.63, 3.8) is 0 Å². The zero-order valence-corrected chi connectivity index (χ0v) is 16.2. The van der Waals surface area contributed by atoms with Crippen LogP contribution in [0.15, 0.2) is 59.1 Å². The third-order valence-corrected chi connectivity index (χ3v) is 5.31. The molecule has 136 valence electrons. The Bertz CT molecular complexity index is 756. The maximum Gasteiger partial charge on any atom is 0.251 e. The molecule has 1 aliphatic rings. The van der Waals surface area contributed by atoms with Crippen LogP contribution in [0, 0.1) is 5.92 Å². The molecule has 4 nitrogen and oxygen atoms in total. The highest BCUT2D eigenvalue weighted by molar-refractivity contribution is 9.10. The number of benzene rings is 2. The van der Waals surface area contributed by atoms with Crippen molar-refractivity contribution in [3.05, 3.63) is 70.2 Å². The van der Waals surface area contributed by atoms with E-state index in [2.05, 4.69) is 45.5 Å². The van der Waals surface area contributed by atoms with Gasteiger partial charge in [0.25, 0.3) is 5.91 Å². The Morgan fingerprint density at radius 3 is 2.46 bits per heavy atom. The quantitative estimate of drug-likeness (QED) is 0.811. The van der Waals surface area contributed by atoms with Gasteiger partial charge in [-0.2, -0.15) is 0 Å². The Kier molecular flexibility index (Phi) is 6.45. The number of hydrogen-bond donors (Lipinski definition) is 1. The summed E-state index contributed by atoms with van der Waals surface area (Å²) in [7, 11) is 0. The van der Waals surface area contributed by atoms with Crippen molar-refractivity contribution in [2.45, 2.75) is 19.3 Å². The molecule has 1 N–H and O–H groups in total. The van der Waals surface area contributed by atoms with E-state index in [-0.39, 0.29) is 18.4 Å². The SMILES string of the molecule is O=C(NCC(=O)N1CCC(Cc2ccccc2)CC1)c1cccc(Br)c1. The summed E-state index contributed by atoms with van der Waals surface area (Å²) in [4.78, 5) is 26.4. The highest BCUT2D eigenvalue weighted by atomic mass is 79.9. The molecular formula is C21H23BrN2O2. The van der Waals surface area contributed by atoms with Gasteiger partial charge < -0.3 is 10.2 Å². The summed E-state index contributed by atoms with van der Waals surface area (Å²) < 4.78 is 0.844. The minimum absolute atomic E-state index is 0.00786. The smallest absolute Gasteiger partial charge is 0.251 e. The second kappa shape index (κ2) is 8.99. The van der Waals surface area contributed by atoms with Crippen molar-refractivity contribution in [2.75, 3.05) is 19.6 Å². The molecule has 0 aliphatic carbocycles. The van der Waals surface area contributed by atoms with Crippen LogP contribution in [0.1, 0.15) is 28.8 Å². The maximum atomic E-state index is 12.4. The van der Waals surface area contributed by atoms with Crippen LogP contribution in [0.3, 0.4) is 0 Å². The molecular weight excluding hydrogens is 392 g/mol. The predicted molar refractivity (Wildman–Crippen MR) is 106 cm³/mol. The van der Waals surface area contributed by atoms with Crippen LogP contribution in [-0.2, 0) is 11.2 Å². The van der Waals surface area contributed by atoms with Gasteiger partial charge in [0.1, 0.15) is 0 Å². The first-order valence-corrected chi connectivity index (χ1v) is 9.76. The first-order chi connectivity index (χ1) is 12.6. The third kappa shape index (κ3) is 5.18. The number of carbonyl (C=O) groups is 2. The summed E-state index contributed by atoms with van der Waals surface area (Å²) in [6, 6.07) is 17.6. The van der Waals surface area contributed by atoms with Gasteiger partial charge in [0.05, 0.1) is 6.54 Å². The summed E-state index contributed by atoms with van der Waals surface area (Å²) in [5, 5.41) is 2.72. The summed E-state index contributed by atoms with van der Waals surface area (Å²) in [6.45, 7) is 1.58. The zero-order valence-electron chi connectivity index (χ0n) is 14.7. The summed E-state index contributed by atoms with van der Waals surface area (Å²) in [6.07, 6.45) is 3.10. The molecule has 0 saturated carbocycles. The van der Waals surface area contributed by atoms with E-state index >= 15 is 0 Å². The largest absolute Gasteiger partial charge is 0.343 e. The van der Waals surface area contributed by atoms with E-state index in [0.29, 0.717) is 11.5 Å². The Hall–Kier alpha value is -2.14. The fourth-order valence-electron chi connectivity index (χ4n) is 3.33. The third-order valence-electron chi connectivity index (χ3n) is 4.82. The highest BCUT2D eigenvalue weighted by Gasteiger charge is 2.23. The molecule has 2 aromatic rings. The molecule has 0 aromatic heterocycles. The normalized spacial score (nSPS) is 14.9. The van der Waals surface area contributed by atoms with Crippen molar-refractivity contribution in [2.24, 2.45) is 5.92 Å². The van der Waals surface area contributed by atoms with E-state index < -0.39 is 0 Å². The van der Waals surface area contributed by atoms with Crippen LogP contribution in [-0.4, -0.2) is 36.3 Å². The molecule has 1 saturated heterocycles. The lowest BCUT2D eigenvalue weighted by molar-refractivity contribution is -0.131. The average molecular weight is 415 g/mol. The topological polar surface area (TPSA) is 49.4 Å². The number of nitrogens with zero attached hydrogens (tertiary/aromatic N) is 1. The lowest BCUT2D eigenvalue weighted by Crippen LogP contribution is -2.44. The van der Waals surface area contributed by atoms with Gasteiger partial charge in [0.15, 0.2) is 0 Å². The fraction of sp³-hybridized carbons (Fsp3) is 0.333. The van der Waals surface area contributed by atoms with Gasteiger partial charge in [0.2, 0.25) is 5.91 Å². The average Bonchev–Trinajstić information content (AvgIpc) is 2.67. The lowest BCUT2D eigenvalue weighted by atomic mass is 9.90. The Morgan fingerprint density at radius 2 is 1.77 bits per heavy atom. The van der Waals surface area contributed by atoms with Crippen molar-refractivity contribution in [1.29, 1.82) is 0 Å². The van der Waals surface area contributed by atoms with Gasteiger partial charge in [-0.1, -0.05) is 52.3 Å². The van der Waals surface area contributed by atoms with E-state index in [9.17, 15) is 9.59 Å². The Balaban J connectivity index is 1.43. The zero-order chi connectivity index (χ0) is 18.4. The first kappa shape index (κ1) is 18.6. The molecule has 5 heteroatoms.